The number of thiazole rings is 1. The maximum Gasteiger partial charge on any atom is 0.315 e. The Hall–Kier alpha value is -1.18. The first kappa shape index (κ1) is 15.2. The van der Waals surface area contributed by atoms with Gasteiger partial charge in [0.25, 0.3) is 0 Å². The van der Waals surface area contributed by atoms with E-state index < -0.39 is 11.4 Å². The van der Waals surface area contributed by atoms with E-state index in [4.69, 9.17) is 4.74 Å². The molecule has 0 unspecified atom stereocenters. The number of carboxylic acids is 1. The summed E-state index contributed by atoms with van der Waals surface area (Å²) < 4.78 is 5.30. The molecule has 0 amide bonds. The van der Waals surface area contributed by atoms with Crippen LogP contribution >= 0.6 is 11.3 Å². The van der Waals surface area contributed by atoms with E-state index in [0.717, 1.165) is 44.5 Å². The molecule has 0 atom stereocenters. The molecule has 1 fully saturated rings. The van der Waals surface area contributed by atoms with E-state index in [-0.39, 0.29) is 0 Å². The Bertz CT molecular complexity index is 455. The third-order valence-corrected chi connectivity index (χ3v) is 4.29. The molecular weight excluding hydrogens is 278 g/mol. The van der Waals surface area contributed by atoms with Gasteiger partial charge in [-0.2, -0.15) is 0 Å². The number of aromatic nitrogens is 1. The lowest BCUT2D eigenvalue weighted by Crippen LogP contribution is -2.39. The molecule has 0 spiro atoms. The number of nitrogens with one attached hydrogen (secondary N) is 1. The minimum atomic E-state index is -0.944. The van der Waals surface area contributed by atoms with E-state index in [1.807, 2.05) is 5.38 Å². The quantitative estimate of drug-likeness (QED) is 0.823. The van der Waals surface area contributed by atoms with Crippen LogP contribution in [0.1, 0.15) is 19.5 Å². The molecule has 7 heteroatoms. The van der Waals surface area contributed by atoms with Gasteiger partial charge in [-0.1, -0.05) is 0 Å². The van der Waals surface area contributed by atoms with E-state index in [1.165, 1.54) is 11.3 Å². The molecule has 6 nitrogen and oxygen atoms in total. The lowest BCUT2D eigenvalue weighted by molar-refractivity contribution is -0.142. The Morgan fingerprint density at radius 3 is 2.90 bits per heavy atom. The summed E-state index contributed by atoms with van der Waals surface area (Å²) in [6.07, 6.45) is 0. The van der Waals surface area contributed by atoms with Crippen LogP contribution in [-0.2, 0) is 14.9 Å². The fourth-order valence-electron chi connectivity index (χ4n) is 1.90. The van der Waals surface area contributed by atoms with Gasteiger partial charge in [0.15, 0.2) is 5.13 Å². The van der Waals surface area contributed by atoms with Crippen LogP contribution in [0.5, 0.6) is 0 Å². The number of carbonyl (C=O) groups is 1. The molecule has 1 aromatic heterocycles. The summed E-state index contributed by atoms with van der Waals surface area (Å²) in [5.41, 5.74) is -0.343. The van der Waals surface area contributed by atoms with Gasteiger partial charge in [-0.25, -0.2) is 4.98 Å². The van der Waals surface area contributed by atoms with Crippen molar-refractivity contribution in [2.24, 2.45) is 0 Å². The van der Waals surface area contributed by atoms with Crippen LogP contribution in [0.4, 0.5) is 5.13 Å². The van der Waals surface area contributed by atoms with Gasteiger partial charge in [0.1, 0.15) is 5.41 Å². The fourth-order valence-corrected chi connectivity index (χ4v) is 2.80. The fraction of sp³-hybridized carbons (Fsp3) is 0.692. The second-order valence-electron chi connectivity index (χ2n) is 5.35. The third kappa shape index (κ3) is 3.68. The number of aliphatic carboxylic acids is 1. The molecule has 0 aromatic carbocycles. The predicted octanol–water partition coefficient (Wildman–Crippen LogP) is 1.25. The van der Waals surface area contributed by atoms with Gasteiger partial charge in [0.05, 0.1) is 18.9 Å². The number of rotatable bonds is 6. The zero-order valence-corrected chi connectivity index (χ0v) is 12.7. The van der Waals surface area contributed by atoms with Crippen molar-refractivity contribution in [3.8, 4) is 0 Å². The van der Waals surface area contributed by atoms with Crippen molar-refractivity contribution in [1.82, 2.24) is 9.88 Å². The van der Waals surface area contributed by atoms with Crippen LogP contribution in [0.2, 0.25) is 0 Å². The maximum atomic E-state index is 11.2. The Morgan fingerprint density at radius 1 is 1.55 bits per heavy atom. The Labute approximate surface area is 122 Å². The summed E-state index contributed by atoms with van der Waals surface area (Å²) in [5, 5.41) is 15.0. The van der Waals surface area contributed by atoms with Gasteiger partial charge in [0.2, 0.25) is 0 Å². The van der Waals surface area contributed by atoms with Gasteiger partial charge < -0.3 is 15.2 Å². The largest absolute Gasteiger partial charge is 0.481 e. The smallest absolute Gasteiger partial charge is 0.315 e. The average Bonchev–Trinajstić information content (AvgIpc) is 2.89. The number of morpholine rings is 1. The molecule has 0 radical (unpaired) electrons. The molecule has 2 N–H and O–H groups in total. The summed E-state index contributed by atoms with van der Waals surface area (Å²) in [4.78, 5) is 17.9. The molecular formula is C13H21N3O3S. The van der Waals surface area contributed by atoms with Crippen molar-refractivity contribution < 1.29 is 14.6 Å². The Balaban J connectivity index is 1.82. The molecule has 0 bridgehead atoms. The average molecular weight is 299 g/mol. The van der Waals surface area contributed by atoms with E-state index >= 15 is 0 Å². The molecule has 112 valence electrons. The third-order valence-electron chi connectivity index (χ3n) is 3.49. The zero-order valence-electron chi connectivity index (χ0n) is 11.9. The predicted molar refractivity (Wildman–Crippen MR) is 78.5 cm³/mol. The molecule has 1 aliphatic heterocycles. The number of hydrogen-bond acceptors (Lipinski definition) is 6. The Kier molecular flexibility index (Phi) is 4.95. The van der Waals surface area contributed by atoms with Crippen molar-refractivity contribution >= 4 is 22.4 Å². The molecule has 0 aliphatic carbocycles. The van der Waals surface area contributed by atoms with Crippen LogP contribution in [-0.4, -0.2) is 60.4 Å². The zero-order chi connectivity index (χ0) is 14.6. The molecule has 0 saturated carbocycles. The minimum Gasteiger partial charge on any atom is -0.481 e. The topological polar surface area (TPSA) is 74.7 Å². The molecule has 20 heavy (non-hydrogen) atoms. The second-order valence-corrected chi connectivity index (χ2v) is 6.21. The molecule has 2 rings (SSSR count). The van der Waals surface area contributed by atoms with E-state index in [1.54, 1.807) is 13.8 Å². The number of hydrogen-bond donors (Lipinski definition) is 2. The first-order valence-corrected chi connectivity index (χ1v) is 7.61. The molecule has 1 saturated heterocycles. The number of nitrogens with zero attached hydrogens (tertiary/aromatic N) is 2. The minimum absolute atomic E-state index is 0.601. The lowest BCUT2D eigenvalue weighted by atomic mass is 9.90. The highest BCUT2D eigenvalue weighted by atomic mass is 32.1. The van der Waals surface area contributed by atoms with Crippen LogP contribution in [0.25, 0.3) is 0 Å². The van der Waals surface area contributed by atoms with E-state index in [9.17, 15) is 9.90 Å². The van der Waals surface area contributed by atoms with Crippen LogP contribution in [0, 0.1) is 0 Å². The monoisotopic (exact) mass is 299 g/mol. The summed E-state index contributed by atoms with van der Waals surface area (Å²) >= 11 is 1.45. The van der Waals surface area contributed by atoms with Gasteiger partial charge in [-0.05, 0) is 13.8 Å². The second kappa shape index (κ2) is 6.51. The molecule has 2 heterocycles. The van der Waals surface area contributed by atoms with Gasteiger partial charge in [-0.3, -0.25) is 9.69 Å². The summed E-state index contributed by atoms with van der Waals surface area (Å²) in [6.45, 7) is 8.63. The highest BCUT2D eigenvalue weighted by molar-refractivity contribution is 7.13. The van der Waals surface area contributed by atoms with E-state index in [2.05, 4.69) is 15.2 Å². The van der Waals surface area contributed by atoms with Crippen LogP contribution in [0.15, 0.2) is 5.38 Å². The standard InChI is InChI=1S/C13H21N3O3S/c1-13(2,11(17)18)10-9-20-12(15-10)14-3-4-16-5-7-19-8-6-16/h9H,3-8H2,1-2H3,(H,14,15)(H,17,18). The lowest BCUT2D eigenvalue weighted by Gasteiger charge is -2.26. The first-order valence-electron chi connectivity index (χ1n) is 6.73. The van der Waals surface area contributed by atoms with E-state index in [0.29, 0.717) is 5.69 Å². The number of anilines is 1. The van der Waals surface area contributed by atoms with Crippen molar-refractivity contribution in [3.05, 3.63) is 11.1 Å². The van der Waals surface area contributed by atoms with Crippen molar-refractivity contribution in [2.45, 2.75) is 19.3 Å². The summed E-state index contributed by atoms with van der Waals surface area (Å²) in [7, 11) is 0. The van der Waals surface area contributed by atoms with Crippen molar-refractivity contribution in [2.75, 3.05) is 44.7 Å². The molecule has 1 aliphatic rings. The normalized spacial score (nSPS) is 17.1. The summed E-state index contributed by atoms with van der Waals surface area (Å²) in [5.74, 6) is -0.859. The first-order chi connectivity index (χ1) is 9.50. The SMILES string of the molecule is CC(C)(C(=O)O)c1csc(NCCN2CCOCC2)n1. The highest BCUT2D eigenvalue weighted by Gasteiger charge is 2.32. The van der Waals surface area contributed by atoms with Gasteiger partial charge in [0, 0.05) is 31.6 Å². The van der Waals surface area contributed by atoms with Crippen LogP contribution < -0.4 is 5.32 Å². The van der Waals surface area contributed by atoms with Gasteiger partial charge >= 0.3 is 5.97 Å². The van der Waals surface area contributed by atoms with Crippen molar-refractivity contribution in [3.63, 3.8) is 0 Å². The van der Waals surface area contributed by atoms with Gasteiger partial charge in [-0.15, -0.1) is 11.3 Å². The number of carboxylic acid groups (broad SMARTS) is 1. The van der Waals surface area contributed by atoms with Crippen molar-refractivity contribution in [1.29, 1.82) is 0 Å². The summed E-state index contributed by atoms with van der Waals surface area (Å²) in [6, 6.07) is 0. The molecule has 1 aromatic rings. The number of ether oxygens (including phenoxy) is 1. The maximum absolute atomic E-state index is 11.2. The van der Waals surface area contributed by atoms with Crippen LogP contribution in [0.3, 0.4) is 0 Å². The Morgan fingerprint density at radius 2 is 2.25 bits per heavy atom. The highest BCUT2D eigenvalue weighted by Crippen LogP contribution is 2.27.